The minimum absolute atomic E-state index is 0.00330. The van der Waals surface area contributed by atoms with Crippen LogP contribution in [0.15, 0.2) is 55.3 Å². The van der Waals surface area contributed by atoms with Gasteiger partial charge in [-0.15, -0.1) is 6.58 Å². The summed E-state index contributed by atoms with van der Waals surface area (Å²) in [5, 5.41) is 0.843. The van der Waals surface area contributed by atoms with Crippen molar-refractivity contribution in [3.63, 3.8) is 0 Å². The number of esters is 1. The lowest BCUT2D eigenvalue weighted by atomic mass is 9.90. The SMILES string of the molecule is C=C[C@H]1C[C@]1(CC(=O)[C@@H]1C[C@@H](Oc2nccc3cc(OC)ccc23)CN1C(=O)[C@H](CCC(=O)C(=C)C)CC(=O)OC(C)(C)C)C(=O)NS(=O)(=O)C1CC1. The van der Waals surface area contributed by atoms with Gasteiger partial charge < -0.3 is 19.1 Å². The standard InChI is InChI=1S/C39H49N3O10S/c1-8-26-20-39(26,37(47)41-53(48,49)29-11-12-29)21-33(44)31-19-28(51-35-30-13-10-27(50-7)17-24(30)15-16-40-35)22-42(31)36(46)25(9-14-32(43)23(2)3)18-34(45)52-38(4,5)6/h8,10,13,15-17,25-26,28-29,31H,1-2,9,11-12,14,18-22H2,3-7H3,(H,41,47)/t25-,26+,28-,31+,39-/m1/s1. The van der Waals surface area contributed by atoms with Gasteiger partial charge in [0.25, 0.3) is 0 Å². The number of Topliss-reactive ketones (excluding diaryl/α,β-unsaturated/α-hetero) is 2. The Bertz CT molecular complexity index is 1930. The Morgan fingerprint density at radius 3 is 2.47 bits per heavy atom. The van der Waals surface area contributed by atoms with E-state index in [0.29, 0.717) is 29.6 Å². The Hall–Kier alpha value is -4.59. The summed E-state index contributed by atoms with van der Waals surface area (Å²) in [4.78, 5) is 73.8. The Labute approximate surface area is 310 Å². The first-order valence-electron chi connectivity index (χ1n) is 17.9. The van der Waals surface area contributed by atoms with Crippen molar-refractivity contribution in [2.45, 2.75) is 102 Å². The van der Waals surface area contributed by atoms with Gasteiger partial charge in [-0.3, -0.25) is 28.7 Å². The zero-order chi connectivity index (χ0) is 38.9. The molecule has 1 aromatic heterocycles. The number of rotatable bonds is 17. The molecule has 14 heteroatoms. The lowest BCUT2D eigenvalue weighted by Gasteiger charge is -2.29. The quantitative estimate of drug-likeness (QED) is 0.136. The number of methoxy groups -OCH3 is 1. The van der Waals surface area contributed by atoms with Gasteiger partial charge in [0, 0.05) is 36.8 Å². The first-order chi connectivity index (χ1) is 24.9. The van der Waals surface area contributed by atoms with E-state index in [1.54, 1.807) is 59.2 Å². The number of nitrogens with one attached hydrogen (secondary N) is 1. The van der Waals surface area contributed by atoms with Crippen LogP contribution in [0.2, 0.25) is 0 Å². The van der Waals surface area contributed by atoms with Crippen LogP contribution in [0.3, 0.4) is 0 Å². The van der Waals surface area contributed by atoms with E-state index in [9.17, 15) is 32.4 Å². The number of hydrogen-bond donors (Lipinski definition) is 1. The maximum atomic E-state index is 14.5. The number of fused-ring (bicyclic) bond motifs is 1. The van der Waals surface area contributed by atoms with Crippen LogP contribution in [0.25, 0.3) is 10.8 Å². The van der Waals surface area contributed by atoms with Gasteiger partial charge in [0.2, 0.25) is 27.7 Å². The van der Waals surface area contributed by atoms with Crippen molar-refractivity contribution in [3.05, 3.63) is 55.3 Å². The monoisotopic (exact) mass is 751 g/mol. The number of carbonyl (C=O) groups is 5. The van der Waals surface area contributed by atoms with Crippen molar-refractivity contribution in [2.75, 3.05) is 13.7 Å². The van der Waals surface area contributed by atoms with E-state index in [1.165, 1.54) is 11.0 Å². The molecular weight excluding hydrogens is 703 g/mol. The smallest absolute Gasteiger partial charge is 0.307 e. The third kappa shape index (κ3) is 9.32. The fourth-order valence-corrected chi connectivity index (χ4v) is 8.28. The first kappa shape index (κ1) is 39.6. The molecule has 5 rings (SSSR count). The van der Waals surface area contributed by atoms with Crippen molar-refractivity contribution in [3.8, 4) is 11.6 Å². The average Bonchev–Trinajstić information content (AvgIpc) is 4.02. The number of sulfonamides is 1. The molecule has 0 spiro atoms. The molecule has 1 saturated heterocycles. The molecule has 1 N–H and O–H groups in total. The normalized spacial score (nSPS) is 23.1. The second-order valence-electron chi connectivity index (χ2n) is 15.4. The number of benzene rings is 1. The van der Waals surface area contributed by atoms with Crippen LogP contribution in [-0.2, 0) is 38.7 Å². The van der Waals surface area contributed by atoms with Crippen molar-refractivity contribution in [1.82, 2.24) is 14.6 Å². The summed E-state index contributed by atoms with van der Waals surface area (Å²) in [6, 6.07) is 6.10. The highest BCUT2D eigenvalue weighted by Gasteiger charge is 2.61. The number of hydrogen-bond acceptors (Lipinski definition) is 11. The number of carbonyl (C=O) groups excluding carboxylic acids is 5. The summed E-state index contributed by atoms with van der Waals surface area (Å²) >= 11 is 0. The van der Waals surface area contributed by atoms with Crippen LogP contribution < -0.4 is 14.2 Å². The number of ketones is 2. The Kier molecular flexibility index (Phi) is 11.5. The van der Waals surface area contributed by atoms with E-state index in [2.05, 4.69) is 22.9 Å². The molecule has 13 nitrogen and oxygen atoms in total. The zero-order valence-electron chi connectivity index (χ0n) is 31.0. The molecule has 2 aromatic rings. The summed E-state index contributed by atoms with van der Waals surface area (Å²) in [6.07, 6.45) is 2.86. The highest BCUT2D eigenvalue weighted by Crippen LogP contribution is 2.57. The predicted molar refractivity (Wildman–Crippen MR) is 196 cm³/mol. The highest BCUT2D eigenvalue weighted by atomic mass is 32.2. The van der Waals surface area contributed by atoms with Crippen LogP contribution in [-0.4, -0.2) is 84.3 Å². The highest BCUT2D eigenvalue weighted by molar-refractivity contribution is 7.90. The number of aromatic nitrogens is 1. The topological polar surface area (TPSA) is 175 Å². The number of likely N-dealkylation sites (tertiary alicyclic amines) is 1. The molecule has 2 saturated carbocycles. The zero-order valence-corrected chi connectivity index (χ0v) is 31.8. The molecule has 0 bridgehead atoms. The molecule has 2 aliphatic carbocycles. The molecule has 3 fully saturated rings. The second-order valence-corrected chi connectivity index (χ2v) is 17.4. The molecular formula is C39H49N3O10S. The summed E-state index contributed by atoms with van der Waals surface area (Å²) < 4.78 is 44.9. The van der Waals surface area contributed by atoms with Crippen molar-refractivity contribution < 1.29 is 46.6 Å². The minimum atomic E-state index is -3.88. The fourth-order valence-electron chi connectivity index (χ4n) is 6.90. The van der Waals surface area contributed by atoms with Gasteiger partial charge in [0.05, 0.1) is 36.8 Å². The van der Waals surface area contributed by atoms with Gasteiger partial charge >= 0.3 is 5.97 Å². The molecule has 0 unspecified atom stereocenters. The Morgan fingerprint density at radius 1 is 1.15 bits per heavy atom. The molecule has 1 aliphatic heterocycles. The van der Waals surface area contributed by atoms with E-state index < -0.39 is 73.8 Å². The summed E-state index contributed by atoms with van der Waals surface area (Å²) in [5.41, 5.74) is -1.86. The first-order valence-corrected chi connectivity index (χ1v) is 19.4. The van der Waals surface area contributed by atoms with Crippen molar-refractivity contribution >= 4 is 50.1 Å². The van der Waals surface area contributed by atoms with Crippen molar-refractivity contribution in [2.24, 2.45) is 17.3 Å². The molecule has 0 radical (unpaired) electrons. The maximum Gasteiger partial charge on any atom is 0.307 e. The fraction of sp³-hybridized carbons (Fsp3) is 0.538. The number of ether oxygens (including phenoxy) is 3. The van der Waals surface area contributed by atoms with Gasteiger partial charge in [0.15, 0.2) is 11.6 Å². The summed E-state index contributed by atoms with van der Waals surface area (Å²) in [5.74, 6) is -3.21. The van der Waals surface area contributed by atoms with Crippen LogP contribution >= 0.6 is 0 Å². The van der Waals surface area contributed by atoms with Gasteiger partial charge in [-0.05, 0) is 94.5 Å². The number of allylic oxidation sites excluding steroid dienone is 2. The van der Waals surface area contributed by atoms with E-state index in [0.717, 1.165) is 5.39 Å². The lowest BCUT2D eigenvalue weighted by molar-refractivity contribution is -0.159. The number of nitrogens with zero attached hydrogens (tertiary/aromatic N) is 2. The third-order valence-electron chi connectivity index (χ3n) is 10.1. The molecule has 53 heavy (non-hydrogen) atoms. The van der Waals surface area contributed by atoms with Crippen LogP contribution in [0.1, 0.15) is 79.1 Å². The largest absolute Gasteiger partial charge is 0.497 e. The van der Waals surface area contributed by atoms with Gasteiger partial charge in [0.1, 0.15) is 17.5 Å². The van der Waals surface area contributed by atoms with E-state index in [1.807, 2.05) is 6.07 Å². The molecule has 2 heterocycles. The lowest BCUT2D eigenvalue weighted by Crippen LogP contribution is -2.46. The van der Waals surface area contributed by atoms with E-state index in [-0.39, 0.29) is 56.7 Å². The average molecular weight is 752 g/mol. The number of pyridine rings is 1. The summed E-state index contributed by atoms with van der Waals surface area (Å²) in [6.45, 7) is 14.1. The Balaban J connectivity index is 1.45. The molecule has 2 amide bonds. The van der Waals surface area contributed by atoms with Crippen LogP contribution in [0, 0.1) is 17.3 Å². The second kappa shape index (κ2) is 15.4. The van der Waals surface area contributed by atoms with Gasteiger partial charge in [-0.25, -0.2) is 13.4 Å². The Morgan fingerprint density at radius 2 is 1.87 bits per heavy atom. The van der Waals surface area contributed by atoms with Crippen LogP contribution in [0.4, 0.5) is 0 Å². The van der Waals surface area contributed by atoms with E-state index in [4.69, 9.17) is 14.2 Å². The molecule has 5 atom stereocenters. The number of amides is 2. The maximum absolute atomic E-state index is 14.5. The van der Waals surface area contributed by atoms with E-state index >= 15 is 0 Å². The van der Waals surface area contributed by atoms with Gasteiger partial charge in [-0.2, -0.15) is 0 Å². The van der Waals surface area contributed by atoms with Gasteiger partial charge in [-0.1, -0.05) is 12.7 Å². The molecule has 286 valence electrons. The summed E-state index contributed by atoms with van der Waals surface area (Å²) in [7, 11) is -2.32. The third-order valence-corrected chi connectivity index (χ3v) is 11.9. The van der Waals surface area contributed by atoms with Crippen LogP contribution in [0.5, 0.6) is 11.6 Å². The van der Waals surface area contributed by atoms with Crippen molar-refractivity contribution in [1.29, 1.82) is 0 Å². The molecule has 1 aromatic carbocycles. The predicted octanol–water partition coefficient (Wildman–Crippen LogP) is 4.63. The molecule has 3 aliphatic rings. The minimum Gasteiger partial charge on any atom is -0.497 e.